The van der Waals surface area contributed by atoms with Crippen LogP contribution >= 0.6 is 11.8 Å². The summed E-state index contributed by atoms with van der Waals surface area (Å²) < 4.78 is 5.16. The largest absolute Gasteiger partial charge is 0.497 e. The highest BCUT2D eigenvalue weighted by Gasteiger charge is 2.22. The molecule has 1 heterocycles. The molecule has 4 heteroatoms. The average molecular weight is 262 g/mol. The van der Waals surface area contributed by atoms with E-state index in [0.29, 0.717) is 0 Å². The molecule has 3 nitrogen and oxygen atoms in total. The number of nitrogens with zero attached hydrogens (tertiary/aromatic N) is 1. The molecule has 0 aliphatic carbocycles. The number of benzene rings is 1. The Morgan fingerprint density at radius 2 is 1.89 bits per heavy atom. The van der Waals surface area contributed by atoms with Crippen LogP contribution in [0.2, 0.25) is 0 Å². The molecule has 0 bridgehead atoms. The third kappa shape index (κ3) is 2.53. The van der Waals surface area contributed by atoms with E-state index in [1.54, 1.807) is 18.9 Å². The highest BCUT2D eigenvalue weighted by molar-refractivity contribution is 7.99. The fourth-order valence-corrected chi connectivity index (χ4v) is 1.94. The van der Waals surface area contributed by atoms with Crippen LogP contribution in [0, 0.1) is 0 Å². The maximum atomic E-state index is 5.15. The van der Waals surface area contributed by atoms with E-state index in [-0.39, 0.29) is 4.75 Å². The van der Waals surface area contributed by atoms with E-state index in [1.165, 1.54) is 0 Å². The number of aromatic nitrogens is 2. The summed E-state index contributed by atoms with van der Waals surface area (Å²) in [5, 5.41) is 0. The number of nitrogens with one attached hydrogen (secondary N) is 1. The van der Waals surface area contributed by atoms with Gasteiger partial charge in [-0.05, 0) is 49.9 Å². The van der Waals surface area contributed by atoms with Crippen molar-refractivity contribution >= 4 is 11.8 Å². The lowest BCUT2D eigenvalue weighted by molar-refractivity contribution is 0.415. The third-order valence-electron chi connectivity index (χ3n) is 3.06. The Labute approximate surface area is 112 Å². The lowest BCUT2D eigenvalue weighted by Gasteiger charge is -2.18. The monoisotopic (exact) mass is 262 g/mol. The van der Waals surface area contributed by atoms with Gasteiger partial charge in [-0.25, -0.2) is 4.98 Å². The van der Waals surface area contributed by atoms with E-state index >= 15 is 0 Å². The maximum absolute atomic E-state index is 5.15. The summed E-state index contributed by atoms with van der Waals surface area (Å²) in [5.41, 5.74) is 2.15. The summed E-state index contributed by atoms with van der Waals surface area (Å²) in [6.45, 7) is 4.32. The highest BCUT2D eigenvalue weighted by Crippen LogP contribution is 2.32. The lowest BCUT2D eigenvalue weighted by Crippen LogP contribution is -2.13. The number of H-pyrrole nitrogens is 1. The molecule has 0 fully saturated rings. The van der Waals surface area contributed by atoms with Crippen molar-refractivity contribution in [2.75, 3.05) is 13.4 Å². The lowest BCUT2D eigenvalue weighted by atomic mass is 10.1. The number of rotatable bonds is 4. The predicted octanol–water partition coefficient (Wildman–Crippen LogP) is 3.68. The van der Waals surface area contributed by atoms with Gasteiger partial charge in [0, 0.05) is 0 Å². The SMILES string of the molecule is COc1ccc(-c2cnc(C(C)(C)SC)[nH]2)cc1. The Bertz CT molecular complexity index is 517. The molecule has 96 valence electrons. The molecule has 0 saturated heterocycles. The van der Waals surface area contributed by atoms with Gasteiger partial charge in [-0.15, -0.1) is 0 Å². The van der Waals surface area contributed by atoms with Gasteiger partial charge in [-0.2, -0.15) is 11.8 Å². The van der Waals surface area contributed by atoms with E-state index in [1.807, 2.05) is 30.5 Å². The zero-order valence-corrected chi connectivity index (χ0v) is 12.0. The summed E-state index contributed by atoms with van der Waals surface area (Å²) in [7, 11) is 1.67. The van der Waals surface area contributed by atoms with Crippen LogP contribution in [0.3, 0.4) is 0 Å². The van der Waals surface area contributed by atoms with Crippen LogP contribution in [0.1, 0.15) is 19.7 Å². The van der Waals surface area contributed by atoms with Gasteiger partial charge in [-0.1, -0.05) is 0 Å². The molecule has 0 radical (unpaired) electrons. The molecule has 0 saturated carbocycles. The van der Waals surface area contributed by atoms with Crippen molar-refractivity contribution in [3.8, 4) is 17.0 Å². The second kappa shape index (κ2) is 5.06. The standard InChI is InChI=1S/C14H18N2OS/c1-14(2,18-4)13-15-9-12(16-13)10-5-7-11(17-3)8-6-10/h5-9H,1-4H3,(H,15,16). The number of hydrogen-bond acceptors (Lipinski definition) is 3. The summed E-state index contributed by atoms with van der Waals surface area (Å²) in [6, 6.07) is 7.97. The molecule has 0 amide bonds. The van der Waals surface area contributed by atoms with Crippen molar-refractivity contribution < 1.29 is 4.74 Å². The summed E-state index contributed by atoms with van der Waals surface area (Å²) in [4.78, 5) is 7.86. The number of imidazole rings is 1. The first kappa shape index (κ1) is 13.0. The van der Waals surface area contributed by atoms with Crippen LogP contribution in [-0.2, 0) is 4.75 Å². The normalized spacial score (nSPS) is 11.6. The van der Waals surface area contributed by atoms with E-state index in [4.69, 9.17) is 4.74 Å². The van der Waals surface area contributed by atoms with Crippen LogP contribution in [-0.4, -0.2) is 23.3 Å². The Kier molecular flexibility index (Phi) is 3.66. The van der Waals surface area contributed by atoms with Crippen LogP contribution < -0.4 is 4.74 Å². The van der Waals surface area contributed by atoms with Gasteiger partial charge < -0.3 is 9.72 Å². The third-order valence-corrected chi connectivity index (χ3v) is 4.27. The fraction of sp³-hybridized carbons (Fsp3) is 0.357. The summed E-state index contributed by atoms with van der Waals surface area (Å²) in [5.74, 6) is 1.86. The second-order valence-electron chi connectivity index (χ2n) is 4.59. The number of methoxy groups -OCH3 is 1. The molecule has 0 spiro atoms. The van der Waals surface area contributed by atoms with Crippen molar-refractivity contribution in [2.24, 2.45) is 0 Å². The average Bonchev–Trinajstić information content (AvgIpc) is 2.89. The van der Waals surface area contributed by atoms with Gasteiger partial charge >= 0.3 is 0 Å². The van der Waals surface area contributed by atoms with Gasteiger partial charge in [-0.3, -0.25) is 0 Å². The van der Waals surface area contributed by atoms with E-state index in [9.17, 15) is 0 Å². The van der Waals surface area contributed by atoms with Gasteiger partial charge in [0.1, 0.15) is 11.6 Å². The van der Waals surface area contributed by atoms with Crippen molar-refractivity contribution in [2.45, 2.75) is 18.6 Å². The molecule has 0 aliphatic rings. The first-order valence-electron chi connectivity index (χ1n) is 5.82. The Hall–Kier alpha value is -1.42. The number of ether oxygens (including phenoxy) is 1. The molecule has 1 aromatic carbocycles. The van der Waals surface area contributed by atoms with Gasteiger partial charge in [0.25, 0.3) is 0 Å². The van der Waals surface area contributed by atoms with Crippen molar-refractivity contribution in [1.82, 2.24) is 9.97 Å². The topological polar surface area (TPSA) is 37.9 Å². The molecule has 0 unspecified atom stereocenters. The van der Waals surface area contributed by atoms with Gasteiger partial charge in [0.2, 0.25) is 0 Å². The minimum absolute atomic E-state index is 0.00468. The zero-order chi connectivity index (χ0) is 13.2. The Morgan fingerprint density at radius 3 is 2.44 bits per heavy atom. The first-order chi connectivity index (χ1) is 8.56. The van der Waals surface area contributed by atoms with Crippen LogP contribution in [0.15, 0.2) is 30.5 Å². The molecule has 1 aromatic heterocycles. The quantitative estimate of drug-likeness (QED) is 0.913. The minimum Gasteiger partial charge on any atom is -0.497 e. The zero-order valence-electron chi connectivity index (χ0n) is 11.2. The van der Waals surface area contributed by atoms with Crippen LogP contribution in [0.25, 0.3) is 11.3 Å². The highest BCUT2D eigenvalue weighted by atomic mass is 32.2. The smallest absolute Gasteiger partial charge is 0.122 e. The predicted molar refractivity (Wildman–Crippen MR) is 77.1 cm³/mol. The number of hydrogen-bond donors (Lipinski definition) is 1. The van der Waals surface area contributed by atoms with E-state index < -0.39 is 0 Å². The van der Waals surface area contributed by atoms with Crippen molar-refractivity contribution in [3.05, 3.63) is 36.3 Å². The molecule has 0 aliphatic heterocycles. The number of aromatic amines is 1. The molecule has 2 rings (SSSR count). The summed E-state index contributed by atoms with van der Waals surface area (Å²) in [6.07, 6.45) is 3.98. The molecule has 0 atom stereocenters. The van der Waals surface area contributed by atoms with E-state index in [0.717, 1.165) is 22.8 Å². The molecular weight excluding hydrogens is 244 g/mol. The van der Waals surface area contributed by atoms with Crippen LogP contribution in [0.5, 0.6) is 5.75 Å². The molecule has 1 N–H and O–H groups in total. The first-order valence-corrected chi connectivity index (χ1v) is 7.04. The summed E-state index contributed by atoms with van der Waals surface area (Å²) >= 11 is 1.78. The van der Waals surface area contributed by atoms with E-state index in [2.05, 4.69) is 30.1 Å². The van der Waals surface area contributed by atoms with Crippen molar-refractivity contribution in [1.29, 1.82) is 0 Å². The maximum Gasteiger partial charge on any atom is 0.122 e. The molecule has 2 aromatic rings. The van der Waals surface area contributed by atoms with Crippen molar-refractivity contribution in [3.63, 3.8) is 0 Å². The minimum atomic E-state index is 0.00468. The second-order valence-corrected chi connectivity index (χ2v) is 6.02. The number of thioether (sulfide) groups is 1. The Morgan fingerprint density at radius 1 is 1.22 bits per heavy atom. The van der Waals surface area contributed by atoms with Gasteiger partial charge in [0.15, 0.2) is 0 Å². The molecule has 18 heavy (non-hydrogen) atoms. The Balaban J connectivity index is 2.29. The fourth-order valence-electron chi connectivity index (χ4n) is 1.64. The van der Waals surface area contributed by atoms with Gasteiger partial charge in [0.05, 0.1) is 23.7 Å². The molecular formula is C14H18N2OS. The van der Waals surface area contributed by atoms with Crippen LogP contribution in [0.4, 0.5) is 0 Å².